The van der Waals surface area contributed by atoms with Gasteiger partial charge in [-0.15, -0.1) is 11.8 Å². The molecule has 0 aliphatic carbocycles. The summed E-state index contributed by atoms with van der Waals surface area (Å²) in [5.74, 6) is -0.465. The summed E-state index contributed by atoms with van der Waals surface area (Å²) in [5.41, 5.74) is 4.74. The van der Waals surface area contributed by atoms with E-state index in [9.17, 15) is 9.59 Å². The lowest BCUT2D eigenvalue weighted by Crippen LogP contribution is -2.30. The molecular weight excluding hydrogens is 346 g/mol. The number of hydrogen-bond acceptors (Lipinski definition) is 4. The van der Waals surface area contributed by atoms with E-state index in [-0.39, 0.29) is 24.2 Å². The second-order valence-electron chi connectivity index (χ2n) is 6.24. The van der Waals surface area contributed by atoms with Gasteiger partial charge in [-0.1, -0.05) is 42.0 Å². The molecule has 0 fully saturated rings. The van der Waals surface area contributed by atoms with Gasteiger partial charge in [0.1, 0.15) is 0 Å². The van der Waals surface area contributed by atoms with E-state index in [4.69, 9.17) is 4.74 Å². The van der Waals surface area contributed by atoms with Gasteiger partial charge < -0.3 is 10.1 Å². The van der Waals surface area contributed by atoms with Crippen LogP contribution >= 0.6 is 11.8 Å². The second-order valence-corrected chi connectivity index (χ2v) is 7.26. The Kier molecular flexibility index (Phi) is 7.73. The SMILES string of the molecule is Cc1ccc(SCC(=O)OCC(=O)NCCc2ccccc2C)c(C)c1. The van der Waals surface area contributed by atoms with Crippen molar-refractivity contribution in [2.24, 2.45) is 0 Å². The molecule has 0 bridgehead atoms. The third-order valence-corrected chi connectivity index (χ3v) is 5.17. The molecule has 5 heteroatoms. The zero-order chi connectivity index (χ0) is 18.9. The Morgan fingerprint density at radius 2 is 1.81 bits per heavy atom. The number of aryl methyl sites for hydroxylation is 3. The lowest BCUT2D eigenvalue weighted by Gasteiger charge is -2.09. The summed E-state index contributed by atoms with van der Waals surface area (Å²) >= 11 is 1.43. The van der Waals surface area contributed by atoms with Crippen molar-refractivity contribution in [3.63, 3.8) is 0 Å². The fourth-order valence-electron chi connectivity index (χ4n) is 2.56. The van der Waals surface area contributed by atoms with Gasteiger partial charge in [-0.3, -0.25) is 9.59 Å². The lowest BCUT2D eigenvalue weighted by atomic mass is 10.1. The monoisotopic (exact) mass is 371 g/mol. The number of rotatable bonds is 8. The number of benzene rings is 2. The molecule has 0 saturated carbocycles. The molecule has 1 amide bonds. The van der Waals surface area contributed by atoms with Gasteiger partial charge in [0, 0.05) is 11.4 Å². The van der Waals surface area contributed by atoms with E-state index in [1.165, 1.54) is 28.5 Å². The van der Waals surface area contributed by atoms with Crippen LogP contribution in [0.25, 0.3) is 0 Å². The molecule has 2 aromatic carbocycles. The first-order chi connectivity index (χ1) is 12.5. The Morgan fingerprint density at radius 3 is 2.54 bits per heavy atom. The van der Waals surface area contributed by atoms with E-state index in [1.54, 1.807) is 0 Å². The number of thioether (sulfide) groups is 1. The van der Waals surface area contributed by atoms with Crippen LogP contribution in [-0.4, -0.2) is 30.8 Å². The summed E-state index contributed by atoms with van der Waals surface area (Å²) in [6.07, 6.45) is 0.759. The van der Waals surface area contributed by atoms with E-state index in [0.717, 1.165) is 16.9 Å². The number of nitrogens with one attached hydrogen (secondary N) is 1. The number of hydrogen-bond donors (Lipinski definition) is 1. The van der Waals surface area contributed by atoms with Gasteiger partial charge in [-0.2, -0.15) is 0 Å². The first kappa shape index (κ1) is 20.0. The van der Waals surface area contributed by atoms with Crippen molar-refractivity contribution in [1.82, 2.24) is 5.32 Å². The Labute approximate surface area is 159 Å². The third-order valence-electron chi connectivity index (χ3n) is 4.02. The van der Waals surface area contributed by atoms with Crippen LogP contribution in [0, 0.1) is 20.8 Å². The molecule has 0 saturated heterocycles. The van der Waals surface area contributed by atoms with E-state index in [2.05, 4.69) is 11.4 Å². The van der Waals surface area contributed by atoms with E-state index >= 15 is 0 Å². The molecule has 0 heterocycles. The summed E-state index contributed by atoms with van der Waals surface area (Å²) in [6, 6.07) is 14.2. The van der Waals surface area contributed by atoms with Crippen molar-refractivity contribution in [3.8, 4) is 0 Å². The van der Waals surface area contributed by atoms with Crippen LogP contribution in [-0.2, 0) is 20.7 Å². The van der Waals surface area contributed by atoms with Crippen LogP contribution in [0.4, 0.5) is 0 Å². The summed E-state index contributed by atoms with van der Waals surface area (Å²) in [7, 11) is 0. The standard InChI is InChI=1S/C21H25NO3S/c1-15-8-9-19(17(3)12-15)26-14-21(24)25-13-20(23)22-11-10-18-7-5-4-6-16(18)2/h4-9,12H,10-11,13-14H2,1-3H3,(H,22,23). The Morgan fingerprint density at radius 1 is 1.04 bits per heavy atom. The molecule has 2 aromatic rings. The number of carbonyl (C=O) groups is 2. The zero-order valence-electron chi connectivity index (χ0n) is 15.5. The number of ether oxygens (including phenoxy) is 1. The van der Waals surface area contributed by atoms with Crippen molar-refractivity contribution in [2.75, 3.05) is 18.9 Å². The molecule has 26 heavy (non-hydrogen) atoms. The highest BCUT2D eigenvalue weighted by Crippen LogP contribution is 2.23. The molecule has 1 N–H and O–H groups in total. The third kappa shape index (κ3) is 6.56. The fourth-order valence-corrected chi connectivity index (χ4v) is 3.37. The van der Waals surface area contributed by atoms with Gasteiger partial charge in [0.15, 0.2) is 6.61 Å². The number of esters is 1. The minimum Gasteiger partial charge on any atom is -0.455 e. The first-order valence-corrected chi connectivity index (χ1v) is 9.61. The average molecular weight is 372 g/mol. The quantitative estimate of drug-likeness (QED) is 0.569. The van der Waals surface area contributed by atoms with Gasteiger partial charge >= 0.3 is 5.97 Å². The van der Waals surface area contributed by atoms with Gasteiger partial charge in [-0.25, -0.2) is 0 Å². The van der Waals surface area contributed by atoms with Gasteiger partial charge in [0.25, 0.3) is 5.91 Å². The Bertz CT molecular complexity index is 774. The molecule has 2 rings (SSSR count). The van der Waals surface area contributed by atoms with Gasteiger partial charge in [0.05, 0.1) is 5.75 Å². The minimum absolute atomic E-state index is 0.195. The van der Waals surface area contributed by atoms with Crippen LogP contribution in [0.2, 0.25) is 0 Å². The first-order valence-electron chi connectivity index (χ1n) is 8.62. The molecule has 0 unspecified atom stereocenters. The largest absolute Gasteiger partial charge is 0.455 e. The van der Waals surface area contributed by atoms with Crippen LogP contribution in [0.15, 0.2) is 47.4 Å². The molecule has 0 aliphatic heterocycles. The normalized spacial score (nSPS) is 10.4. The maximum absolute atomic E-state index is 11.8. The fraction of sp³-hybridized carbons (Fsp3) is 0.333. The smallest absolute Gasteiger partial charge is 0.316 e. The molecule has 4 nitrogen and oxygen atoms in total. The van der Waals surface area contributed by atoms with Crippen molar-refractivity contribution >= 4 is 23.6 Å². The van der Waals surface area contributed by atoms with Crippen molar-refractivity contribution < 1.29 is 14.3 Å². The molecular formula is C21H25NO3S. The summed E-state index contributed by atoms with van der Waals surface area (Å²) < 4.78 is 5.04. The van der Waals surface area contributed by atoms with E-state index < -0.39 is 0 Å². The number of carbonyl (C=O) groups excluding carboxylic acids is 2. The van der Waals surface area contributed by atoms with Crippen LogP contribution in [0.1, 0.15) is 22.3 Å². The molecule has 0 aliphatic rings. The van der Waals surface area contributed by atoms with Crippen molar-refractivity contribution in [2.45, 2.75) is 32.1 Å². The topological polar surface area (TPSA) is 55.4 Å². The summed E-state index contributed by atoms with van der Waals surface area (Å²) in [4.78, 5) is 24.7. The second kappa shape index (κ2) is 10.0. The van der Waals surface area contributed by atoms with E-state index in [0.29, 0.717) is 6.54 Å². The molecule has 0 spiro atoms. The van der Waals surface area contributed by atoms with Crippen LogP contribution in [0.5, 0.6) is 0 Å². The van der Waals surface area contributed by atoms with Crippen molar-refractivity contribution in [1.29, 1.82) is 0 Å². The van der Waals surface area contributed by atoms with E-state index in [1.807, 2.05) is 57.2 Å². The molecule has 0 radical (unpaired) electrons. The highest BCUT2D eigenvalue weighted by molar-refractivity contribution is 8.00. The van der Waals surface area contributed by atoms with Gasteiger partial charge in [0.2, 0.25) is 0 Å². The molecule has 0 aromatic heterocycles. The Balaban J connectivity index is 1.65. The maximum atomic E-state index is 11.8. The predicted molar refractivity (Wildman–Crippen MR) is 105 cm³/mol. The highest BCUT2D eigenvalue weighted by Gasteiger charge is 2.09. The minimum atomic E-state index is -0.385. The van der Waals surface area contributed by atoms with Crippen molar-refractivity contribution in [3.05, 3.63) is 64.7 Å². The lowest BCUT2D eigenvalue weighted by molar-refractivity contribution is -0.145. The maximum Gasteiger partial charge on any atom is 0.316 e. The van der Waals surface area contributed by atoms with Gasteiger partial charge in [-0.05, 0) is 49.9 Å². The predicted octanol–water partition coefficient (Wildman–Crippen LogP) is 3.61. The summed E-state index contributed by atoms with van der Waals surface area (Å²) in [6.45, 7) is 6.39. The van der Waals surface area contributed by atoms with Crippen LogP contribution < -0.4 is 5.32 Å². The summed E-state index contributed by atoms with van der Waals surface area (Å²) in [5, 5.41) is 2.78. The molecule has 0 atom stereocenters. The zero-order valence-corrected chi connectivity index (χ0v) is 16.3. The number of amides is 1. The Hall–Kier alpha value is -2.27. The average Bonchev–Trinajstić information content (AvgIpc) is 2.61. The van der Waals surface area contributed by atoms with Crippen LogP contribution in [0.3, 0.4) is 0 Å². The molecule has 138 valence electrons. The highest BCUT2D eigenvalue weighted by atomic mass is 32.2.